The molecule has 7 nitrogen and oxygen atoms in total. The summed E-state index contributed by atoms with van der Waals surface area (Å²) >= 11 is 0.972. The molecule has 0 unspecified atom stereocenters. The van der Waals surface area contributed by atoms with Crippen molar-refractivity contribution in [3.63, 3.8) is 0 Å². The second-order valence-corrected chi connectivity index (χ2v) is 7.07. The summed E-state index contributed by atoms with van der Waals surface area (Å²) < 4.78 is 13.6. The minimum Gasteiger partial charge on any atom is -0.545 e. The van der Waals surface area contributed by atoms with E-state index in [2.05, 4.69) is 15.3 Å². The Bertz CT molecular complexity index is 1280. The van der Waals surface area contributed by atoms with E-state index in [1.54, 1.807) is 13.0 Å². The predicted octanol–water partition coefficient (Wildman–Crippen LogP) is 0.762. The van der Waals surface area contributed by atoms with Crippen LogP contribution in [-0.4, -0.2) is 22.0 Å². The van der Waals surface area contributed by atoms with Gasteiger partial charge in [0.2, 0.25) is 5.88 Å². The van der Waals surface area contributed by atoms with E-state index < -0.39 is 23.6 Å². The summed E-state index contributed by atoms with van der Waals surface area (Å²) in [7, 11) is 0. The zero-order chi connectivity index (χ0) is 20.0. The summed E-state index contributed by atoms with van der Waals surface area (Å²) in [6, 6.07) is 8.18. The van der Waals surface area contributed by atoms with Gasteiger partial charge >= 0.3 is 0 Å². The number of carboxylic acid groups (broad SMARTS) is 1. The number of anilines is 2. The molecule has 1 aliphatic heterocycles. The maximum absolute atomic E-state index is 13.6. The summed E-state index contributed by atoms with van der Waals surface area (Å²) in [6.07, 6.45) is 0. The number of aryl methyl sites for hydroxylation is 1. The van der Waals surface area contributed by atoms with Gasteiger partial charge in [-0.15, -0.1) is 0 Å². The summed E-state index contributed by atoms with van der Waals surface area (Å²) in [6.45, 7) is 1.77. The number of amides is 1. The number of carbonyl (C=O) groups is 2. The first kappa shape index (κ1) is 17.8. The van der Waals surface area contributed by atoms with Gasteiger partial charge in [-0.05, 0) is 42.3 Å². The fourth-order valence-corrected chi connectivity index (χ4v) is 3.76. The molecule has 0 radical (unpaired) electrons. The Morgan fingerprint density at radius 3 is 2.79 bits per heavy atom. The maximum Gasteiger partial charge on any atom is 0.279 e. The van der Waals surface area contributed by atoms with Crippen LogP contribution in [0.15, 0.2) is 41.4 Å². The van der Waals surface area contributed by atoms with E-state index in [-0.39, 0.29) is 26.4 Å². The van der Waals surface area contributed by atoms with Crippen LogP contribution in [0, 0.1) is 12.7 Å². The van der Waals surface area contributed by atoms with E-state index in [9.17, 15) is 24.2 Å². The Morgan fingerprint density at radius 1 is 1.25 bits per heavy atom. The number of aromatic carboxylic acids is 1. The van der Waals surface area contributed by atoms with Gasteiger partial charge in [-0.2, -0.15) is 4.98 Å². The minimum absolute atomic E-state index is 0.0161. The van der Waals surface area contributed by atoms with Gasteiger partial charge in [-0.25, -0.2) is 9.38 Å². The SMILES string of the molecule is Cc1ccc(C(=O)[O-])cc1Nc1nc(O)c(C2=c3cc(F)ccc3=NC2=O)s1. The van der Waals surface area contributed by atoms with Crippen LogP contribution < -0.4 is 21.0 Å². The molecular formula is C19H11FN3O4S-. The molecule has 0 saturated carbocycles. The van der Waals surface area contributed by atoms with Crippen LogP contribution in [0.2, 0.25) is 0 Å². The zero-order valence-electron chi connectivity index (χ0n) is 14.3. The van der Waals surface area contributed by atoms with Crippen LogP contribution >= 0.6 is 11.3 Å². The summed E-state index contributed by atoms with van der Waals surface area (Å²) in [5.41, 5.74) is 1.25. The van der Waals surface area contributed by atoms with Gasteiger partial charge in [-0.1, -0.05) is 23.5 Å². The molecule has 0 saturated heterocycles. The fraction of sp³-hybridized carbons (Fsp3) is 0.0526. The number of nitrogens with zero attached hydrogens (tertiary/aromatic N) is 2. The third kappa shape index (κ3) is 3.01. The van der Waals surface area contributed by atoms with Crippen molar-refractivity contribution in [2.45, 2.75) is 6.92 Å². The minimum atomic E-state index is -1.32. The van der Waals surface area contributed by atoms with Crippen molar-refractivity contribution < 1.29 is 24.2 Å². The first-order valence-electron chi connectivity index (χ1n) is 8.05. The van der Waals surface area contributed by atoms with E-state index in [4.69, 9.17) is 0 Å². The molecule has 28 heavy (non-hydrogen) atoms. The number of benzene rings is 2. The van der Waals surface area contributed by atoms with Crippen LogP contribution in [-0.2, 0) is 4.79 Å². The molecule has 9 heteroatoms. The fourth-order valence-electron chi connectivity index (χ4n) is 2.83. The van der Waals surface area contributed by atoms with Gasteiger partial charge in [0.1, 0.15) is 10.7 Å². The first-order valence-corrected chi connectivity index (χ1v) is 8.87. The number of aromatic nitrogens is 1. The van der Waals surface area contributed by atoms with E-state index in [0.717, 1.165) is 16.9 Å². The van der Waals surface area contributed by atoms with Crippen molar-refractivity contribution in [2.75, 3.05) is 5.32 Å². The number of halogens is 1. The number of nitrogens with one attached hydrogen (secondary N) is 1. The third-order valence-electron chi connectivity index (χ3n) is 4.22. The molecule has 140 valence electrons. The lowest BCUT2D eigenvalue weighted by Crippen LogP contribution is -2.23. The van der Waals surface area contributed by atoms with Crippen molar-refractivity contribution >= 4 is 39.6 Å². The number of thiazole rings is 1. The molecule has 2 N–H and O–H groups in total. The molecule has 0 fully saturated rings. The molecule has 1 aromatic heterocycles. The van der Waals surface area contributed by atoms with Gasteiger partial charge < -0.3 is 20.3 Å². The molecule has 1 aliphatic rings. The Hall–Kier alpha value is -3.59. The average Bonchev–Trinajstić information content (AvgIpc) is 3.14. The number of hydrogen-bond donors (Lipinski definition) is 2. The molecule has 3 aromatic rings. The molecular weight excluding hydrogens is 385 g/mol. The highest BCUT2D eigenvalue weighted by atomic mass is 32.1. The van der Waals surface area contributed by atoms with E-state index in [0.29, 0.717) is 11.0 Å². The van der Waals surface area contributed by atoms with Crippen LogP contribution in [0.1, 0.15) is 20.8 Å². The topological polar surface area (TPSA) is 115 Å². The number of rotatable bonds is 4. The summed E-state index contributed by atoms with van der Waals surface area (Å²) in [4.78, 5) is 31.3. The standard InChI is InChI=1S/C19H12FN3O4S/c1-8-2-3-9(18(26)27)6-13(8)22-19-23-17(25)15(28-19)14-11-7-10(20)4-5-12(11)21-16(14)24/h2-7,25H,1H3,(H,22,23)(H,26,27)/p-1. The summed E-state index contributed by atoms with van der Waals surface area (Å²) in [5, 5.41) is 25.1. The second kappa shape index (κ2) is 6.54. The Labute approximate surface area is 161 Å². The van der Waals surface area contributed by atoms with Crippen molar-refractivity contribution in [1.82, 2.24) is 4.98 Å². The number of carboxylic acids is 1. The lowest BCUT2D eigenvalue weighted by molar-refractivity contribution is -0.255. The molecule has 1 amide bonds. The molecule has 0 bridgehead atoms. The Morgan fingerprint density at radius 2 is 2.04 bits per heavy atom. The highest BCUT2D eigenvalue weighted by molar-refractivity contribution is 7.17. The normalized spacial score (nSPS) is 12.6. The number of aromatic hydroxyl groups is 1. The molecule has 4 rings (SSSR count). The lowest BCUT2D eigenvalue weighted by atomic mass is 10.1. The Balaban J connectivity index is 1.78. The largest absolute Gasteiger partial charge is 0.545 e. The highest BCUT2D eigenvalue weighted by Crippen LogP contribution is 2.35. The van der Waals surface area contributed by atoms with Crippen molar-refractivity contribution in [3.05, 3.63) is 68.8 Å². The highest BCUT2D eigenvalue weighted by Gasteiger charge is 2.25. The molecule has 0 atom stereocenters. The number of carbonyl (C=O) groups excluding carboxylic acids is 2. The second-order valence-electron chi connectivity index (χ2n) is 6.07. The zero-order valence-corrected chi connectivity index (χ0v) is 15.1. The van der Waals surface area contributed by atoms with Crippen molar-refractivity contribution in [2.24, 2.45) is 4.99 Å². The lowest BCUT2D eigenvalue weighted by Gasteiger charge is -2.10. The van der Waals surface area contributed by atoms with E-state index >= 15 is 0 Å². The van der Waals surface area contributed by atoms with Crippen LogP contribution in [0.3, 0.4) is 0 Å². The van der Waals surface area contributed by atoms with Gasteiger partial charge in [0.05, 0.1) is 16.9 Å². The smallest absolute Gasteiger partial charge is 0.279 e. The van der Waals surface area contributed by atoms with Crippen LogP contribution in [0.5, 0.6) is 5.88 Å². The molecule has 2 heterocycles. The van der Waals surface area contributed by atoms with Crippen molar-refractivity contribution in [1.29, 1.82) is 0 Å². The number of hydrogen-bond acceptors (Lipinski definition) is 7. The van der Waals surface area contributed by atoms with E-state index in [1.165, 1.54) is 30.3 Å². The van der Waals surface area contributed by atoms with Gasteiger partial charge in [0.15, 0.2) is 5.13 Å². The quantitative estimate of drug-likeness (QED) is 0.673. The monoisotopic (exact) mass is 396 g/mol. The molecule has 0 aliphatic carbocycles. The van der Waals surface area contributed by atoms with E-state index in [1.807, 2.05) is 0 Å². The Kier molecular flexibility index (Phi) is 4.16. The first-order chi connectivity index (χ1) is 13.3. The summed E-state index contributed by atoms with van der Waals surface area (Å²) in [5.74, 6) is -2.85. The van der Waals surface area contributed by atoms with Gasteiger partial charge in [0.25, 0.3) is 5.91 Å². The predicted molar refractivity (Wildman–Crippen MR) is 97.3 cm³/mol. The van der Waals surface area contributed by atoms with Crippen molar-refractivity contribution in [3.8, 4) is 5.88 Å². The molecule has 2 aromatic carbocycles. The maximum atomic E-state index is 13.6. The van der Waals surface area contributed by atoms with Gasteiger partial charge in [0, 0.05) is 10.9 Å². The third-order valence-corrected chi connectivity index (χ3v) is 5.19. The van der Waals surface area contributed by atoms with Crippen LogP contribution in [0.25, 0.3) is 5.57 Å². The molecule has 0 spiro atoms. The van der Waals surface area contributed by atoms with Crippen LogP contribution in [0.4, 0.5) is 15.2 Å². The van der Waals surface area contributed by atoms with Gasteiger partial charge in [-0.3, -0.25) is 4.79 Å². The average molecular weight is 396 g/mol. The number of fused-ring (bicyclic) bond motifs is 1.